The monoisotopic (exact) mass is 341 g/mol. The number of aromatic hydroxyl groups is 2. The van der Waals surface area contributed by atoms with Gasteiger partial charge in [0.2, 0.25) is 0 Å². The van der Waals surface area contributed by atoms with Crippen LogP contribution in [0.1, 0.15) is 17.3 Å². The van der Waals surface area contributed by atoms with E-state index in [-0.39, 0.29) is 52.8 Å². The lowest BCUT2D eigenvalue weighted by Gasteiger charge is -2.13. The third kappa shape index (κ3) is 3.75. The molecule has 2 aromatic rings. The van der Waals surface area contributed by atoms with Crippen molar-refractivity contribution in [3.8, 4) is 17.2 Å². The predicted octanol–water partition coefficient (Wildman–Crippen LogP) is 1.80. The number of benzene rings is 1. The summed E-state index contributed by atoms with van der Waals surface area (Å²) in [5, 5.41) is 29.7. The van der Waals surface area contributed by atoms with Crippen molar-refractivity contribution < 1.29 is 29.6 Å². The number of rotatable bonds is 6. The maximum atomic E-state index is 11.8. The van der Waals surface area contributed by atoms with Crippen LogP contribution in [0.3, 0.4) is 0 Å². The zero-order valence-electron chi connectivity index (χ0n) is 12.3. The lowest BCUT2D eigenvalue weighted by molar-refractivity contribution is 0.0523. The number of alkyl halides is 1. The Balaban J connectivity index is 2.42. The van der Waals surface area contributed by atoms with Gasteiger partial charge in [0.25, 0.3) is 0 Å². The maximum Gasteiger partial charge on any atom is 0.343 e. The second-order valence-corrected chi connectivity index (χ2v) is 5.01. The number of carbonyl (C=O) groups excluding carboxylic acids is 1. The Kier molecular flexibility index (Phi) is 5.46. The van der Waals surface area contributed by atoms with E-state index in [2.05, 4.69) is 4.98 Å². The molecule has 8 heteroatoms. The molecule has 0 fully saturated rings. The Hall–Kier alpha value is -2.25. The van der Waals surface area contributed by atoms with Crippen LogP contribution in [0, 0.1) is 0 Å². The number of aliphatic hydroxyl groups is 1. The summed E-state index contributed by atoms with van der Waals surface area (Å²) in [5.41, 5.74) is 0.190. The number of aromatic nitrogens is 1. The van der Waals surface area contributed by atoms with Crippen molar-refractivity contribution in [3.05, 3.63) is 23.9 Å². The van der Waals surface area contributed by atoms with Gasteiger partial charge in [-0.25, -0.2) is 4.79 Å². The van der Waals surface area contributed by atoms with E-state index in [4.69, 9.17) is 21.1 Å². The number of pyridine rings is 1. The summed E-state index contributed by atoms with van der Waals surface area (Å²) in [7, 11) is 0. The topological polar surface area (TPSA) is 109 Å². The number of aliphatic hydroxyl groups excluding tert-OH is 1. The molecular weight excluding hydrogens is 326 g/mol. The molecule has 1 aromatic carbocycles. The van der Waals surface area contributed by atoms with E-state index in [1.807, 2.05) is 0 Å². The lowest BCUT2D eigenvalue weighted by atomic mass is 10.1. The number of hydrogen-bond donors (Lipinski definition) is 3. The number of phenols is 1. The molecule has 0 saturated carbocycles. The summed E-state index contributed by atoms with van der Waals surface area (Å²) < 4.78 is 10.1. The minimum atomic E-state index is -0.899. The van der Waals surface area contributed by atoms with Gasteiger partial charge < -0.3 is 24.8 Å². The molecule has 0 aliphatic heterocycles. The quantitative estimate of drug-likeness (QED) is 0.543. The minimum Gasteiger partial charge on any atom is -0.506 e. The molecule has 0 bridgehead atoms. The van der Waals surface area contributed by atoms with Gasteiger partial charge in [-0.2, -0.15) is 0 Å². The molecule has 3 N–H and O–H groups in total. The second-order valence-electron chi connectivity index (χ2n) is 4.70. The van der Waals surface area contributed by atoms with Gasteiger partial charge in [-0.1, -0.05) is 0 Å². The third-order valence-electron chi connectivity index (χ3n) is 3.02. The van der Waals surface area contributed by atoms with E-state index in [0.717, 1.165) is 0 Å². The smallest absolute Gasteiger partial charge is 0.343 e. The molecule has 1 unspecified atom stereocenters. The van der Waals surface area contributed by atoms with Crippen LogP contribution in [0.25, 0.3) is 10.9 Å². The number of nitrogens with zero attached hydrogens (tertiary/aromatic N) is 1. The van der Waals surface area contributed by atoms with E-state index in [1.165, 1.54) is 18.3 Å². The Morgan fingerprint density at radius 3 is 2.78 bits per heavy atom. The summed E-state index contributed by atoms with van der Waals surface area (Å²) >= 11 is 5.47. The van der Waals surface area contributed by atoms with Crippen molar-refractivity contribution >= 4 is 28.5 Å². The molecule has 1 heterocycles. The van der Waals surface area contributed by atoms with Crippen molar-refractivity contribution in [1.82, 2.24) is 4.98 Å². The second kappa shape index (κ2) is 7.34. The first-order valence-electron chi connectivity index (χ1n) is 6.86. The van der Waals surface area contributed by atoms with Gasteiger partial charge in [0, 0.05) is 17.6 Å². The number of halogens is 1. The van der Waals surface area contributed by atoms with Crippen molar-refractivity contribution in [2.45, 2.75) is 13.0 Å². The Bertz CT molecular complexity index is 721. The molecule has 2 rings (SSSR count). The number of phenolic OH excluding ortho intramolecular Hbond substituents is 1. The number of fused-ring (bicyclic) bond motifs is 1. The summed E-state index contributed by atoms with van der Waals surface area (Å²) in [6.45, 7) is 1.68. The molecule has 0 saturated heterocycles. The Labute approximate surface area is 137 Å². The average molecular weight is 342 g/mol. The fraction of sp³-hybridized carbons (Fsp3) is 0.333. The van der Waals surface area contributed by atoms with Crippen molar-refractivity contribution in [2.24, 2.45) is 0 Å². The molecule has 0 radical (unpaired) electrons. The van der Waals surface area contributed by atoms with Crippen LogP contribution >= 0.6 is 11.6 Å². The fourth-order valence-electron chi connectivity index (χ4n) is 1.90. The highest BCUT2D eigenvalue weighted by molar-refractivity contribution is 6.18. The first kappa shape index (κ1) is 17.1. The number of carbonyl (C=O) groups is 1. The molecule has 0 aliphatic carbocycles. The summed E-state index contributed by atoms with van der Waals surface area (Å²) in [6.07, 6.45) is 0.275. The van der Waals surface area contributed by atoms with Gasteiger partial charge >= 0.3 is 5.97 Å². The molecule has 1 atom stereocenters. The SMILES string of the molecule is CCOC(=O)c1cnc2cc(O)c(OCC(O)CCl)cc2c1O. The highest BCUT2D eigenvalue weighted by atomic mass is 35.5. The largest absolute Gasteiger partial charge is 0.506 e. The number of ether oxygens (including phenoxy) is 2. The number of hydrogen-bond acceptors (Lipinski definition) is 7. The van der Waals surface area contributed by atoms with Crippen LogP contribution in [0.4, 0.5) is 0 Å². The van der Waals surface area contributed by atoms with E-state index in [0.29, 0.717) is 0 Å². The minimum absolute atomic E-state index is 0.0197. The van der Waals surface area contributed by atoms with E-state index >= 15 is 0 Å². The van der Waals surface area contributed by atoms with E-state index in [1.54, 1.807) is 6.92 Å². The molecular formula is C15H16ClNO6. The molecule has 0 spiro atoms. The van der Waals surface area contributed by atoms with Gasteiger partial charge in [0.1, 0.15) is 24.0 Å². The van der Waals surface area contributed by atoms with Crippen molar-refractivity contribution in [3.63, 3.8) is 0 Å². The van der Waals surface area contributed by atoms with Gasteiger partial charge in [-0.05, 0) is 13.0 Å². The van der Waals surface area contributed by atoms with Crippen molar-refractivity contribution in [2.75, 3.05) is 19.1 Å². The predicted molar refractivity (Wildman–Crippen MR) is 83.3 cm³/mol. The maximum absolute atomic E-state index is 11.8. The van der Waals surface area contributed by atoms with Crippen LogP contribution in [0.5, 0.6) is 17.2 Å². The Morgan fingerprint density at radius 2 is 2.13 bits per heavy atom. The van der Waals surface area contributed by atoms with Gasteiger partial charge in [-0.15, -0.1) is 11.6 Å². The zero-order valence-corrected chi connectivity index (χ0v) is 13.1. The summed E-state index contributed by atoms with van der Waals surface area (Å²) in [4.78, 5) is 15.8. The van der Waals surface area contributed by atoms with Crippen LogP contribution < -0.4 is 4.74 Å². The zero-order chi connectivity index (χ0) is 17.0. The van der Waals surface area contributed by atoms with Crippen LogP contribution in [-0.4, -0.2) is 51.5 Å². The van der Waals surface area contributed by atoms with E-state index in [9.17, 15) is 20.1 Å². The summed E-state index contributed by atoms with van der Waals surface area (Å²) in [6, 6.07) is 2.61. The average Bonchev–Trinajstić information content (AvgIpc) is 2.53. The first-order chi connectivity index (χ1) is 11.0. The van der Waals surface area contributed by atoms with E-state index < -0.39 is 12.1 Å². The lowest BCUT2D eigenvalue weighted by Crippen LogP contribution is -2.18. The van der Waals surface area contributed by atoms with Gasteiger partial charge in [0.15, 0.2) is 11.5 Å². The molecule has 124 valence electrons. The van der Waals surface area contributed by atoms with Crippen molar-refractivity contribution in [1.29, 1.82) is 0 Å². The normalized spacial score (nSPS) is 12.1. The van der Waals surface area contributed by atoms with Gasteiger partial charge in [-0.3, -0.25) is 4.98 Å². The molecule has 0 amide bonds. The number of esters is 1. The van der Waals surface area contributed by atoms with Crippen LogP contribution in [0.15, 0.2) is 18.3 Å². The molecule has 7 nitrogen and oxygen atoms in total. The molecule has 0 aliphatic rings. The third-order valence-corrected chi connectivity index (χ3v) is 3.38. The summed E-state index contributed by atoms with van der Waals surface area (Å²) in [5.74, 6) is -1.23. The molecule has 23 heavy (non-hydrogen) atoms. The molecule has 1 aromatic heterocycles. The standard InChI is InChI=1S/C15H16ClNO6/c1-2-22-15(21)10-6-17-11-4-12(19)13(3-9(11)14(10)20)23-7-8(18)5-16/h3-4,6,8,18-19H,2,5,7H2,1H3,(H,17,20). The van der Waals surface area contributed by atoms with Gasteiger partial charge in [0.05, 0.1) is 18.0 Å². The van der Waals surface area contributed by atoms with Crippen LogP contribution in [0.2, 0.25) is 0 Å². The Morgan fingerprint density at radius 1 is 1.39 bits per heavy atom. The fourth-order valence-corrected chi connectivity index (χ4v) is 1.99. The van der Waals surface area contributed by atoms with Crippen LogP contribution in [-0.2, 0) is 4.74 Å². The highest BCUT2D eigenvalue weighted by Gasteiger charge is 2.18. The first-order valence-corrected chi connectivity index (χ1v) is 7.40. The highest BCUT2D eigenvalue weighted by Crippen LogP contribution is 2.36.